The van der Waals surface area contributed by atoms with Crippen molar-refractivity contribution in [2.24, 2.45) is 5.18 Å². The summed E-state index contributed by atoms with van der Waals surface area (Å²) in [5.74, 6) is 0. The molecule has 0 N–H and O–H groups in total. The molecule has 0 atom stereocenters. The van der Waals surface area contributed by atoms with E-state index in [1.165, 1.54) is 0 Å². The molecule has 0 unspecified atom stereocenters. The van der Waals surface area contributed by atoms with Crippen LogP contribution in [0.25, 0.3) is 0 Å². The molecule has 0 spiro atoms. The summed E-state index contributed by atoms with van der Waals surface area (Å²) in [5, 5.41) is 2.00. The summed E-state index contributed by atoms with van der Waals surface area (Å²) in [6.45, 7) is 0. The van der Waals surface area contributed by atoms with Gasteiger partial charge >= 0.3 is 30.6 Å². The van der Waals surface area contributed by atoms with Gasteiger partial charge in [0.15, 0.2) is 0 Å². The third-order valence-corrected chi connectivity index (χ3v) is 0. The van der Waals surface area contributed by atoms with Crippen LogP contribution < -0.4 is 0 Å². The summed E-state index contributed by atoms with van der Waals surface area (Å²) in [6, 6.07) is 0. The van der Waals surface area contributed by atoms with Crippen molar-refractivity contribution in [3.05, 3.63) is 12.0 Å². The van der Waals surface area contributed by atoms with E-state index in [0.717, 1.165) is 26.1 Å². The molecular weight excluding hydrogens is 255 g/mol. The Morgan fingerprint density at radius 3 is 1.80 bits per heavy atom. The molecule has 0 fully saturated rings. The van der Waals surface area contributed by atoms with Gasteiger partial charge in [0.25, 0.3) is 0 Å². The molecule has 0 aliphatic carbocycles. The molecule has 0 aliphatic heterocycles. The van der Waals surface area contributed by atoms with Crippen molar-refractivity contribution in [2.75, 3.05) is 0 Å². The Labute approximate surface area is 47.9 Å². The summed E-state index contributed by atoms with van der Waals surface area (Å²) in [7, 11) is 2.56. The maximum absolute atomic E-state index is 8.44. The van der Waals surface area contributed by atoms with E-state index in [1.54, 1.807) is 0 Å². The van der Waals surface area contributed by atoms with E-state index in [9.17, 15) is 0 Å². The summed E-state index contributed by atoms with van der Waals surface area (Å²) in [4.78, 5) is 8.44. The van der Waals surface area contributed by atoms with Crippen molar-refractivity contribution in [3.63, 3.8) is 0 Å². The van der Waals surface area contributed by atoms with Crippen LogP contribution in [0.5, 0.6) is 0 Å². The Morgan fingerprint density at radius 1 is 1.80 bits per heavy atom. The van der Waals surface area contributed by atoms with Gasteiger partial charge in [0, 0.05) is 0 Å². The van der Waals surface area contributed by atoms with Crippen LogP contribution in [0.2, 0.25) is 4.43 Å². The number of hydrogen-bond acceptors (Lipinski definition) is 2. The third kappa shape index (κ3) is 155. The van der Waals surface area contributed by atoms with Crippen molar-refractivity contribution in [1.82, 2.24) is 0 Å². The van der Waals surface area contributed by atoms with Crippen LogP contribution in [-0.4, -0.2) is 0 Å². The van der Waals surface area contributed by atoms with Gasteiger partial charge in [0.05, 0.1) is 0 Å². The van der Waals surface area contributed by atoms with Crippen LogP contribution in [0.15, 0.2) is 5.18 Å². The molecule has 0 aliphatic rings. The van der Waals surface area contributed by atoms with Gasteiger partial charge in [-0.15, -0.1) is 0 Å². The molecule has 0 bridgehead atoms. The van der Waals surface area contributed by atoms with Crippen molar-refractivity contribution in [3.8, 4) is 0 Å². The molecule has 0 aromatic rings. The third-order valence-electron chi connectivity index (χ3n) is 0. The van der Waals surface area contributed by atoms with Crippen molar-refractivity contribution in [2.45, 2.75) is 4.43 Å². The van der Waals surface area contributed by atoms with E-state index in [4.69, 9.17) is 4.91 Å². The molecule has 0 aromatic carbocycles. The first-order valence-electron chi connectivity index (χ1n) is 1.21. The monoisotopic (exact) mass is 261 g/mol. The molecular formula is C2H5HgNO-. The molecule has 0 heterocycles. The van der Waals surface area contributed by atoms with Gasteiger partial charge in [-0.05, 0) is 0 Å². The maximum atomic E-state index is 8.44. The zero-order chi connectivity index (χ0) is 4.71. The van der Waals surface area contributed by atoms with Gasteiger partial charge in [-0.25, -0.2) is 5.18 Å². The number of nitroso groups, excluding NO2 is 1. The molecule has 0 aromatic heterocycles. The molecule has 5 heavy (non-hydrogen) atoms. The predicted octanol–water partition coefficient (Wildman–Crippen LogP) is 1.13. The van der Waals surface area contributed by atoms with E-state index < -0.39 is 0 Å². The summed E-state index contributed by atoms with van der Waals surface area (Å²) >= 11 is 1.03. The number of nitrogens with zero attached hydrogens (tertiary/aromatic N) is 1. The minimum absolute atomic E-state index is 1.03. The van der Waals surface area contributed by atoms with Crippen molar-refractivity contribution >= 4 is 0 Å². The zero-order valence-electron chi connectivity index (χ0n) is 3.27. The van der Waals surface area contributed by atoms with Gasteiger partial charge in [0.1, 0.15) is 0 Å². The van der Waals surface area contributed by atoms with Crippen molar-refractivity contribution < 1.29 is 26.1 Å². The first-order chi connectivity index (χ1) is 2.41. The Bertz CT molecular complexity index is 17.1. The molecule has 0 rings (SSSR count). The first kappa shape index (κ1) is 9.05. The summed E-state index contributed by atoms with van der Waals surface area (Å²) in [5.41, 5.74) is 0. The Kier molecular flexibility index (Phi) is 46.8. The second kappa shape index (κ2) is 25.9. The number of hydrogen-bond donors (Lipinski definition) is 0. The van der Waals surface area contributed by atoms with Crippen molar-refractivity contribution in [1.29, 1.82) is 0 Å². The molecule has 2 nitrogen and oxygen atoms in total. The quantitative estimate of drug-likeness (QED) is 0.364. The SMILES string of the molecule is [CH2-]N=O.[CH3][Hg]. The van der Waals surface area contributed by atoms with E-state index in [1.807, 2.05) is 5.18 Å². The average Bonchev–Trinajstić information content (AvgIpc) is 1.46. The first-order valence-corrected chi connectivity index (χ1v) is 6.70. The molecule has 0 radical (unpaired) electrons. The summed E-state index contributed by atoms with van der Waals surface area (Å²) in [6.07, 6.45) is 0. The van der Waals surface area contributed by atoms with Gasteiger partial charge in [-0.1, -0.05) is 0 Å². The summed E-state index contributed by atoms with van der Waals surface area (Å²) < 4.78 is 2.19. The van der Waals surface area contributed by atoms with Crippen LogP contribution in [-0.2, 0) is 26.1 Å². The fourth-order valence-corrected chi connectivity index (χ4v) is 0. The minimum atomic E-state index is 1.03. The fourth-order valence-electron chi connectivity index (χ4n) is 0. The molecule has 0 amide bonds. The molecule has 0 saturated heterocycles. The molecule has 3 heteroatoms. The zero-order valence-corrected chi connectivity index (χ0v) is 8.77. The normalized spacial score (nSPS) is 3.80. The van der Waals surface area contributed by atoms with E-state index in [0.29, 0.717) is 0 Å². The topological polar surface area (TPSA) is 29.4 Å². The van der Waals surface area contributed by atoms with Crippen LogP contribution in [0, 0.1) is 12.0 Å². The van der Waals surface area contributed by atoms with Crippen LogP contribution >= 0.6 is 0 Å². The van der Waals surface area contributed by atoms with Gasteiger partial charge < -0.3 is 0 Å². The van der Waals surface area contributed by atoms with Crippen LogP contribution in [0.4, 0.5) is 0 Å². The standard InChI is InChI=1S/CH2NO.CH3.Hg/c1-2-3;;/h1H2;1H3;/q-1;;. The van der Waals surface area contributed by atoms with Gasteiger partial charge in [-0.3, -0.25) is 7.05 Å². The number of rotatable bonds is 0. The van der Waals surface area contributed by atoms with E-state index in [-0.39, 0.29) is 0 Å². The Morgan fingerprint density at radius 2 is 1.80 bits per heavy atom. The van der Waals surface area contributed by atoms with Crippen LogP contribution in [0.3, 0.4) is 0 Å². The average molecular weight is 260 g/mol. The second-order valence-corrected chi connectivity index (χ2v) is 0.129. The Balaban J connectivity index is 0. The van der Waals surface area contributed by atoms with Crippen LogP contribution in [0.1, 0.15) is 0 Å². The van der Waals surface area contributed by atoms with Gasteiger partial charge in [0.2, 0.25) is 0 Å². The van der Waals surface area contributed by atoms with E-state index >= 15 is 0 Å². The van der Waals surface area contributed by atoms with E-state index in [2.05, 4.69) is 11.5 Å². The Hall–Kier alpha value is 0.405. The second-order valence-electron chi connectivity index (χ2n) is 0.129. The van der Waals surface area contributed by atoms with Gasteiger partial charge in [-0.2, -0.15) is 4.91 Å². The predicted molar refractivity (Wildman–Crippen MR) is 17.0 cm³/mol. The fraction of sp³-hybridized carbons (Fsp3) is 0.500. The molecule has 27 valence electrons. The molecule has 0 saturated carbocycles.